The molecule has 2 N–H and O–H groups in total. The predicted molar refractivity (Wildman–Crippen MR) is 185 cm³/mol. The van der Waals surface area contributed by atoms with E-state index in [1.807, 2.05) is 103 Å². The van der Waals surface area contributed by atoms with E-state index >= 15 is 0 Å². The maximum atomic E-state index is 14.1. The molecule has 0 aliphatic carbocycles. The zero-order chi connectivity index (χ0) is 33.7. The molecule has 3 amide bonds. The van der Waals surface area contributed by atoms with Crippen molar-refractivity contribution in [2.45, 2.75) is 38.5 Å². The first-order valence-electron chi connectivity index (χ1n) is 16.3. The minimum atomic E-state index is -0.833. The Kier molecular flexibility index (Phi) is 11.8. The van der Waals surface area contributed by atoms with Crippen molar-refractivity contribution in [2.24, 2.45) is 5.92 Å². The number of carbonyl (C=O) groups is 3. The van der Waals surface area contributed by atoms with Gasteiger partial charge in [-0.15, -0.1) is 0 Å². The molecular weight excluding hydrogens is 602 g/mol. The molecule has 48 heavy (non-hydrogen) atoms. The van der Waals surface area contributed by atoms with E-state index in [-0.39, 0.29) is 37.2 Å². The Morgan fingerprint density at radius 2 is 1.56 bits per heavy atom. The number of anilines is 1. The smallest absolute Gasteiger partial charge is 0.242 e. The van der Waals surface area contributed by atoms with Gasteiger partial charge in [0, 0.05) is 33.1 Å². The van der Waals surface area contributed by atoms with E-state index in [0.29, 0.717) is 30.9 Å². The molecule has 1 fully saturated rings. The third-order valence-corrected chi connectivity index (χ3v) is 8.51. The fourth-order valence-corrected chi connectivity index (χ4v) is 6.01. The summed E-state index contributed by atoms with van der Waals surface area (Å²) in [4.78, 5) is 44.2. The second kappa shape index (κ2) is 16.8. The summed E-state index contributed by atoms with van der Waals surface area (Å²) in [5.41, 5.74) is 4.20. The number of nitrogens with one attached hydrogen (secondary N) is 2. The molecule has 9 heteroatoms. The van der Waals surface area contributed by atoms with Crippen LogP contribution in [0, 0.1) is 17.2 Å². The van der Waals surface area contributed by atoms with Crippen LogP contribution < -0.4 is 20.3 Å². The van der Waals surface area contributed by atoms with Crippen molar-refractivity contribution in [3.63, 3.8) is 0 Å². The van der Waals surface area contributed by atoms with Gasteiger partial charge in [-0.3, -0.25) is 14.4 Å². The first-order chi connectivity index (χ1) is 23.4. The molecule has 9 nitrogen and oxygen atoms in total. The van der Waals surface area contributed by atoms with E-state index < -0.39 is 11.9 Å². The van der Waals surface area contributed by atoms with Crippen LogP contribution in [0.3, 0.4) is 0 Å². The Morgan fingerprint density at radius 1 is 0.896 bits per heavy atom. The second-order valence-corrected chi connectivity index (χ2v) is 12.0. The largest absolute Gasteiger partial charge is 0.489 e. The Hall–Kier alpha value is -5.62. The summed E-state index contributed by atoms with van der Waals surface area (Å²) in [6, 6.07) is 35.8. The molecular formula is C39H41N5O4. The van der Waals surface area contributed by atoms with E-state index in [1.54, 1.807) is 11.0 Å². The maximum Gasteiger partial charge on any atom is 0.242 e. The average molecular weight is 644 g/mol. The first kappa shape index (κ1) is 33.7. The van der Waals surface area contributed by atoms with Crippen molar-refractivity contribution in [1.29, 1.82) is 5.26 Å². The Bertz CT molecular complexity index is 1710. The third-order valence-electron chi connectivity index (χ3n) is 8.51. The lowest BCUT2D eigenvalue weighted by atomic mass is 9.95. The SMILES string of the molecule is CNC(=O)[C@H](Cc1ccc(OCc2ccccc2)cc1)NC(=O)CN(Cc1ccccc1)C(=O)C1CCCN(c2ccccc2C#N)C1. The molecule has 0 radical (unpaired) electrons. The van der Waals surface area contributed by atoms with E-state index in [4.69, 9.17) is 4.74 Å². The van der Waals surface area contributed by atoms with E-state index in [1.165, 1.54) is 7.05 Å². The highest BCUT2D eigenvalue weighted by Crippen LogP contribution is 2.27. The molecule has 5 rings (SSSR count). The van der Waals surface area contributed by atoms with Crippen LogP contribution in [-0.4, -0.2) is 55.3 Å². The van der Waals surface area contributed by atoms with Crippen molar-refractivity contribution in [1.82, 2.24) is 15.5 Å². The molecule has 0 spiro atoms. The molecule has 0 saturated carbocycles. The number of piperidine rings is 1. The lowest BCUT2D eigenvalue weighted by Gasteiger charge is -2.36. The van der Waals surface area contributed by atoms with Gasteiger partial charge in [-0.05, 0) is 53.8 Å². The van der Waals surface area contributed by atoms with Gasteiger partial charge in [-0.1, -0.05) is 84.9 Å². The van der Waals surface area contributed by atoms with Gasteiger partial charge in [0.05, 0.1) is 23.7 Å². The molecule has 1 aliphatic heterocycles. The fraction of sp³-hybridized carbons (Fsp3) is 0.282. The van der Waals surface area contributed by atoms with Gasteiger partial charge in [0.15, 0.2) is 0 Å². The van der Waals surface area contributed by atoms with Gasteiger partial charge >= 0.3 is 0 Å². The predicted octanol–water partition coefficient (Wildman–Crippen LogP) is 4.86. The van der Waals surface area contributed by atoms with Crippen molar-refractivity contribution < 1.29 is 19.1 Å². The minimum absolute atomic E-state index is 0.129. The van der Waals surface area contributed by atoms with Crippen LogP contribution in [0.2, 0.25) is 0 Å². The number of hydrogen-bond donors (Lipinski definition) is 2. The van der Waals surface area contributed by atoms with Crippen molar-refractivity contribution in [3.05, 3.63) is 131 Å². The van der Waals surface area contributed by atoms with Crippen LogP contribution in [-0.2, 0) is 34.0 Å². The molecule has 0 bridgehead atoms. The van der Waals surface area contributed by atoms with Gasteiger partial charge in [0.25, 0.3) is 0 Å². The van der Waals surface area contributed by atoms with E-state index in [9.17, 15) is 19.6 Å². The van der Waals surface area contributed by atoms with Crippen LogP contribution >= 0.6 is 0 Å². The van der Waals surface area contributed by atoms with Crippen LogP contribution in [0.5, 0.6) is 5.75 Å². The topological polar surface area (TPSA) is 115 Å². The molecule has 1 saturated heterocycles. The number of benzene rings is 4. The molecule has 1 aliphatic rings. The Balaban J connectivity index is 1.25. The molecule has 4 aromatic rings. The van der Waals surface area contributed by atoms with Gasteiger partial charge in [-0.25, -0.2) is 0 Å². The normalized spacial score (nSPS) is 14.7. The van der Waals surface area contributed by atoms with Crippen LogP contribution in [0.25, 0.3) is 0 Å². The highest BCUT2D eigenvalue weighted by molar-refractivity contribution is 5.90. The minimum Gasteiger partial charge on any atom is -0.489 e. The number of para-hydroxylation sites is 1. The van der Waals surface area contributed by atoms with Gasteiger partial charge in [-0.2, -0.15) is 5.26 Å². The van der Waals surface area contributed by atoms with Crippen molar-refractivity contribution in [2.75, 3.05) is 31.6 Å². The molecule has 4 aromatic carbocycles. The molecule has 1 unspecified atom stereocenters. The van der Waals surface area contributed by atoms with Crippen LogP contribution in [0.4, 0.5) is 5.69 Å². The van der Waals surface area contributed by atoms with Gasteiger partial charge < -0.3 is 25.2 Å². The highest BCUT2D eigenvalue weighted by atomic mass is 16.5. The lowest BCUT2D eigenvalue weighted by Crippen LogP contribution is -2.52. The van der Waals surface area contributed by atoms with E-state index in [0.717, 1.165) is 35.3 Å². The number of nitriles is 1. The fourth-order valence-electron chi connectivity index (χ4n) is 6.01. The van der Waals surface area contributed by atoms with Crippen molar-refractivity contribution in [3.8, 4) is 11.8 Å². The van der Waals surface area contributed by atoms with E-state index in [2.05, 4.69) is 21.6 Å². The zero-order valence-electron chi connectivity index (χ0n) is 27.2. The Morgan fingerprint density at radius 3 is 2.25 bits per heavy atom. The third kappa shape index (κ3) is 9.23. The number of carbonyl (C=O) groups excluding carboxylic acids is 3. The number of nitrogens with zero attached hydrogens (tertiary/aromatic N) is 3. The molecule has 246 valence electrons. The summed E-state index contributed by atoms with van der Waals surface area (Å²) >= 11 is 0. The quantitative estimate of drug-likeness (QED) is 0.215. The summed E-state index contributed by atoms with van der Waals surface area (Å²) in [5, 5.41) is 15.2. The second-order valence-electron chi connectivity index (χ2n) is 12.0. The number of ether oxygens (including phenoxy) is 1. The highest BCUT2D eigenvalue weighted by Gasteiger charge is 2.32. The summed E-state index contributed by atoms with van der Waals surface area (Å²) in [6.45, 7) is 1.71. The molecule has 2 atom stereocenters. The number of rotatable bonds is 13. The summed E-state index contributed by atoms with van der Waals surface area (Å²) in [5.74, 6) is -0.517. The number of hydrogen-bond acceptors (Lipinski definition) is 6. The van der Waals surface area contributed by atoms with Crippen LogP contribution in [0.15, 0.2) is 109 Å². The summed E-state index contributed by atoms with van der Waals surface area (Å²) in [7, 11) is 1.53. The van der Waals surface area contributed by atoms with Gasteiger partial charge in [0.1, 0.15) is 24.5 Å². The molecule has 0 aromatic heterocycles. The molecule has 1 heterocycles. The number of likely N-dealkylation sites (N-methyl/N-ethyl adjacent to an activating group) is 1. The standard InChI is InChI=1S/C39H41N5O4/c1-41-38(46)35(23-29-18-20-34(21-19-29)48-28-31-13-6-3-7-14-31)42-37(45)27-44(25-30-11-4-2-5-12-30)39(47)33-16-10-22-43(26-33)36-17-9-8-15-32(36)24-40/h2-9,11-15,17-21,33,35H,10,16,22-23,25-28H2,1H3,(H,41,46)(H,42,45)/t33?,35-/m0/s1. The summed E-state index contributed by atoms with van der Waals surface area (Å²) < 4.78 is 5.89. The zero-order valence-corrected chi connectivity index (χ0v) is 27.2. The Labute approximate surface area is 282 Å². The average Bonchev–Trinajstić information content (AvgIpc) is 3.14. The first-order valence-corrected chi connectivity index (χ1v) is 16.3. The maximum absolute atomic E-state index is 14.1. The van der Waals surface area contributed by atoms with Gasteiger partial charge in [0.2, 0.25) is 17.7 Å². The lowest BCUT2D eigenvalue weighted by molar-refractivity contribution is -0.140. The number of amides is 3. The van der Waals surface area contributed by atoms with Crippen LogP contribution in [0.1, 0.15) is 35.1 Å². The van der Waals surface area contributed by atoms with Crippen molar-refractivity contribution >= 4 is 23.4 Å². The summed E-state index contributed by atoms with van der Waals surface area (Å²) in [6.07, 6.45) is 1.74. The monoisotopic (exact) mass is 643 g/mol.